The summed E-state index contributed by atoms with van der Waals surface area (Å²) in [6.45, 7) is 3.13. The first-order valence-corrected chi connectivity index (χ1v) is 10.1. The monoisotopic (exact) mass is 368 g/mol. The quantitative estimate of drug-likeness (QED) is 0.863. The number of thiophene rings is 1. The van der Waals surface area contributed by atoms with E-state index in [9.17, 15) is 13.2 Å². The van der Waals surface area contributed by atoms with E-state index in [1.165, 1.54) is 11.3 Å². The van der Waals surface area contributed by atoms with Crippen LogP contribution in [0.1, 0.15) is 28.1 Å². The molecule has 24 heavy (non-hydrogen) atoms. The molecular formula is C16H20N2O4S2. The molecule has 2 N–H and O–H groups in total. The third kappa shape index (κ3) is 3.26. The number of fused-ring (bicyclic) bond motifs is 1. The van der Waals surface area contributed by atoms with Gasteiger partial charge in [0, 0.05) is 4.70 Å². The molecule has 130 valence electrons. The number of benzene rings is 1. The van der Waals surface area contributed by atoms with E-state index >= 15 is 0 Å². The Hall–Kier alpha value is -1.64. The van der Waals surface area contributed by atoms with Crippen LogP contribution in [0.3, 0.4) is 0 Å². The summed E-state index contributed by atoms with van der Waals surface area (Å²) < 4.78 is 33.2. The van der Waals surface area contributed by atoms with Crippen LogP contribution < -0.4 is 14.8 Å². The highest BCUT2D eigenvalue weighted by molar-refractivity contribution is 7.90. The van der Waals surface area contributed by atoms with Crippen LogP contribution in [0.2, 0.25) is 0 Å². The highest BCUT2D eigenvalue weighted by Crippen LogP contribution is 2.33. The number of hydrogen-bond donors (Lipinski definition) is 2. The van der Waals surface area contributed by atoms with E-state index in [1.807, 2.05) is 25.1 Å². The van der Waals surface area contributed by atoms with Crippen molar-refractivity contribution in [3.63, 3.8) is 0 Å². The molecule has 1 aliphatic rings. The van der Waals surface area contributed by atoms with Crippen molar-refractivity contribution in [2.45, 2.75) is 25.0 Å². The second-order valence-electron chi connectivity index (χ2n) is 5.84. The van der Waals surface area contributed by atoms with Crippen LogP contribution in [0.4, 0.5) is 0 Å². The summed E-state index contributed by atoms with van der Waals surface area (Å²) in [6, 6.07) is 5.56. The summed E-state index contributed by atoms with van der Waals surface area (Å²) in [5, 5.41) is 3.51. The van der Waals surface area contributed by atoms with Gasteiger partial charge in [-0.15, -0.1) is 11.3 Å². The van der Waals surface area contributed by atoms with Gasteiger partial charge in [-0.3, -0.25) is 4.79 Å². The highest BCUT2D eigenvalue weighted by atomic mass is 32.2. The molecule has 0 bridgehead atoms. The normalized spacial score (nSPS) is 16.2. The van der Waals surface area contributed by atoms with Gasteiger partial charge in [-0.2, -0.15) is 0 Å². The predicted octanol–water partition coefficient (Wildman–Crippen LogP) is 2.03. The van der Waals surface area contributed by atoms with E-state index in [4.69, 9.17) is 4.74 Å². The topological polar surface area (TPSA) is 84.5 Å². The maximum atomic E-state index is 12.5. The van der Waals surface area contributed by atoms with Crippen LogP contribution in [0.15, 0.2) is 18.2 Å². The van der Waals surface area contributed by atoms with Crippen molar-refractivity contribution in [1.82, 2.24) is 10.0 Å². The van der Waals surface area contributed by atoms with Crippen molar-refractivity contribution in [3.05, 3.63) is 28.6 Å². The number of amides is 1. The minimum absolute atomic E-state index is 0.427. The van der Waals surface area contributed by atoms with Gasteiger partial charge >= 0.3 is 0 Å². The molecule has 1 aromatic heterocycles. The van der Waals surface area contributed by atoms with Gasteiger partial charge < -0.3 is 10.1 Å². The van der Waals surface area contributed by atoms with E-state index in [1.54, 1.807) is 7.11 Å². The van der Waals surface area contributed by atoms with Crippen LogP contribution in [0.5, 0.6) is 5.75 Å². The molecule has 1 saturated heterocycles. The van der Waals surface area contributed by atoms with Crippen molar-refractivity contribution in [2.75, 3.05) is 20.2 Å². The lowest BCUT2D eigenvalue weighted by molar-refractivity contribution is 0.0984. The first kappa shape index (κ1) is 17.2. The molecule has 0 unspecified atom stereocenters. The predicted molar refractivity (Wildman–Crippen MR) is 95.4 cm³/mol. The molecule has 8 heteroatoms. The summed E-state index contributed by atoms with van der Waals surface area (Å²) in [6.07, 6.45) is 1.04. The number of rotatable bonds is 4. The first-order chi connectivity index (χ1) is 11.4. The standard InChI is InChI=1S/C16H20N2O4S2/c1-10-13-9-11(22-2)3-4-14(13)23-15(10)16(19)18-24(20,21)12-5-7-17-8-6-12/h3-4,9,12,17H,5-8H2,1-2H3,(H,18,19). The number of aryl methyl sites for hydroxylation is 1. The lowest BCUT2D eigenvalue weighted by Crippen LogP contribution is -2.43. The average molecular weight is 368 g/mol. The highest BCUT2D eigenvalue weighted by Gasteiger charge is 2.30. The Morgan fingerprint density at radius 3 is 2.71 bits per heavy atom. The summed E-state index contributed by atoms with van der Waals surface area (Å²) >= 11 is 1.29. The molecule has 6 nitrogen and oxygen atoms in total. The molecule has 1 fully saturated rings. The average Bonchev–Trinajstić information content (AvgIpc) is 2.92. The zero-order valence-corrected chi connectivity index (χ0v) is 15.2. The van der Waals surface area contributed by atoms with Gasteiger partial charge in [0.05, 0.1) is 17.2 Å². The molecular weight excluding hydrogens is 348 g/mol. The van der Waals surface area contributed by atoms with Crippen molar-refractivity contribution < 1.29 is 17.9 Å². The Kier molecular flexibility index (Phi) is 4.80. The second kappa shape index (κ2) is 6.70. The number of methoxy groups -OCH3 is 1. The number of ether oxygens (including phenoxy) is 1. The molecule has 1 amide bonds. The molecule has 0 atom stereocenters. The Morgan fingerprint density at radius 1 is 1.33 bits per heavy atom. The molecule has 0 spiro atoms. The molecule has 1 aromatic carbocycles. The minimum atomic E-state index is -3.66. The molecule has 3 rings (SSSR count). The number of nitrogens with one attached hydrogen (secondary N) is 2. The van der Waals surface area contributed by atoms with Crippen LogP contribution in [0.25, 0.3) is 10.1 Å². The Labute approximate surface area is 145 Å². The summed E-state index contributed by atoms with van der Waals surface area (Å²) in [7, 11) is -2.07. The summed E-state index contributed by atoms with van der Waals surface area (Å²) in [4.78, 5) is 12.9. The van der Waals surface area contributed by atoms with Crippen LogP contribution in [-0.2, 0) is 10.0 Å². The Balaban J connectivity index is 1.87. The number of carbonyl (C=O) groups excluding carboxylic acids is 1. The lowest BCUT2D eigenvalue weighted by atomic mass is 10.1. The van der Waals surface area contributed by atoms with Gasteiger partial charge in [-0.25, -0.2) is 13.1 Å². The van der Waals surface area contributed by atoms with Crippen molar-refractivity contribution >= 4 is 37.4 Å². The lowest BCUT2D eigenvalue weighted by Gasteiger charge is -2.22. The fourth-order valence-electron chi connectivity index (χ4n) is 2.91. The maximum absolute atomic E-state index is 12.5. The molecule has 2 heterocycles. The second-order valence-corrected chi connectivity index (χ2v) is 8.86. The van der Waals surface area contributed by atoms with Crippen LogP contribution in [-0.4, -0.2) is 39.8 Å². The Bertz CT molecular complexity index is 868. The minimum Gasteiger partial charge on any atom is -0.497 e. The van der Waals surface area contributed by atoms with Gasteiger partial charge in [0.15, 0.2) is 0 Å². The van der Waals surface area contributed by atoms with Crippen molar-refractivity contribution in [2.24, 2.45) is 0 Å². The van der Waals surface area contributed by atoms with Crippen LogP contribution in [0, 0.1) is 6.92 Å². The summed E-state index contributed by atoms with van der Waals surface area (Å²) in [5.74, 6) is 0.156. The molecule has 1 aliphatic heterocycles. The maximum Gasteiger partial charge on any atom is 0.275 e. The molecule has 0 saturated carbocycles. The zero-order chi connectivity index (χ0) is 17.3. The third-order valence-electron chi connectivity index (χ3n) is 4.31. The SMILES string of the molecule is COc1ccc2sc(C(=O)NS(=O)(=O)C3CCNCC3)c(C)c2c1. The van der Waals surface area contributed by atoms with Crippen molar-refractivity contribution in [1.29, 1.82) is 0 Å². The third-order valence-corrected chi connectivity index (χ3v) is 7.40. The number of sulfonamides is 1. The number of hydrogen-bond acceptors (Lipinski definition) is 6. The number of piperidine rings is 1. The van der Waals surface area contributed by atoms with E-state index in [2.05, 4.69) is 10.0 Å². The number of carbonyl (C=O) groups is 1. The molecule has 2 aromatic rings. The fraction of sp³-hybridized carbons (Fsp3) is 0.438. The zero-order valence-electron chi connectivity index (χ0n) is 13.6. The smallest absolute Gasteiger partial charge is 0.275 e. The fourth-order valence-corrected chi connectivity index (χ4v) is 5.44. The van der Waals surface area contributed by atoms with Gasteiger partial charge in [0.25, 0.3) is 5.91 Å². The Morgan fingerprint density at radius 2 is 2.04 bits per heavy atom. The van der Waals surface area contributed by atoms with Gasteiger partial charge in [0.2, 0.25) is 10.0 Å². The van der Waals surface area contributed by atoms with Gasteiger partial charge in [-0.1, -0.05) is 0 Å². The van der Waals surface area contributed by atoms with Gasteiger partial charge in [-0.05, 0) is 62.0 Å². The van der Waals surface area contributed by atoms with E-state index in [-0.39, 0.29) is 0 Å². The first-order valence-electron chi connectivity index (χ1n) is 7.76. The van der Waals surface area contributed by atoms with E-state index in [0.717, 1.165) is 15.6 Å². The summed E-state index contributed by atoms with van der Waals surface area (Å²) in [5.41, 5.74) is 0.770. The largest absolute Gasteiger partial charge is 0.497 e. The van der Waals surface area contributed by atoms with E-state index in [0.29, 0.717) is 36.6 Å². The molecule has 0 aliphatic carbocycles. The van der Waals surface area contributed by atoms with Crippen LogP contribution >= 0.6 is 11.3 Å². The van der Waals surface area contributed by atoms with Crippen molar-refractivity contribution in [3.8, 4) is 5.75 Å². The molecule has 0 radical (unpaired) electrons. The van der Waals surface area contributed by atoms with Gasteiger partial charge in [0.1, 0.15) is 5.75 Å². The van der Waals surface area contributed by atoms with E-state index < -0.39 is 21.2 Å².